The van der Waals surface area contributed by atoms with E-state index in [9.17, 15) is 0 Å². The van der Waals surface area contributed by atoms with Crippen LogP contribution in [-0.4, -0.2) is 4.57 Å². The third-order valence-electron chi connectivity index (χ3n) is 9.22. The molecule has 2 heterocycles. The topological polar surface area (TPSA) is 18.1 Å². The molecule has 0 saturated heterocycles. The molecule has 194 valence electrons. The smallest absolute Gasteiger partial charge is 0.160 e. The van der Waals surface area contributed by atoms with Gasteiger partial charge in [0.25, 0.3) is 0 Å². The van der Waals surface area contributed by atoms with Crippen molar-refractivity contribution in [1.82, 2.24) is 4.57 Å². The Morgan fingerprint density at radius 3 is 2.10 bits per heavy atom. The molecule has 0 unspecified atom stereocenters. The molecule has 9 rings (SSSR count). The number of hydrogen-bond donors (Lipinski definition) is 0. The number of aromatic nitrogens is 1. The zero-order chi connectivity index (χ0) is 27.3. The standard InChI is InChI=1S/C39H27NO/c1-39(2)32-14-6-3-12-31(32)36-26(13-9-15-33(36)39)24-18-20-25(21-19-24)40-34-16-7-4-10-27(34)29-22-23-30-28-11-5-8-17-35(28)41-38(30)37(29)40/h3-23H,1-2H3. The van der Waals surface area contributed by atoms with Crippen molar-refractivity contribution >= 4 is 43.7 Å². The molecule has 0 saturated carbocycles. The molecular formula is C39H27NO. The molecule has 0 radical (unpaired) electrons. The summed E-state index contributed by atoms with van der Waals surface area (Å²) in [6.45, 7) is 4.68. The van der Waals surface area contributed by atoms with Crippen LogP contribution in [-0.2, 0) is 5.41 Å². The van der Waals surface area contributed by atoms with Crippen LogP contribution in [0.25, 0.3) is 71.7 Å². The highest BCUT2D eigenvalue weighted by Gasteiger charge is 2.36. The number of rotatable bonds is 2. The lowest BCUT2D eigenvalue weighted by Crippen LogP contribution is -2.14. The molecule has 0 amide bonds. The highest BCUT2D eigenvalue weighted by atomic mass is 16.3. The quantitative estimate of drug-likeness (QED) is 0.219. The fraction of sp³-hybridized carbons (Fsp3) is 0.0769. The van der Waals surface area contributed by atoms with Gasteiger partial charge in [-0.25, -0.2) is 0 Å². The Morgan fingerprint density at radius 2 is 1.22 bits per heavy atom. The molecule has 1 aliphatic carbocycles. The van der Waals surface area contributed by atoms with Crippen molar-refractivity contribution in [2.75, 3.05) is 0 Å². The van der Waals surface area contributed by atoms with Gasteiger partial charge in [0, 0.05) is 32.6 Å². The third kappa shape index (κ3) is 2.97. The van der Waals surface area contributed by atoms with Gasteiger partial charge in [0.2, 0.25) is 0 Å². The molecule has 0 atom stereocenters. The van der Waals surface area contributed by atoms with Gasteiger partial charge in [-0.15, -0.1) is 0 Å². The molecule has 2 heteroatoms. The Kier molecular flexibility index (Phi) is 4.42. The molecule has 2 aromatic heterocycles. The number of benzene rings is 6. The number of fused-ring (bicyclic) bond motifs is 10. The van der Waals surface area contributed by atoms with Crippen molar-refractivity contribution < 1.29 is 4.42 Å². The van der Waals surface area contributed by atoms with E-state index in [1.165, 1.54) is 49.7 Å². The summed E-state index contributed by atoms with van der Waals surface area (Å²) in [5.41, 5.74) is 13.3. The normalized spacial score (nSPS) is 13.8. The Balaban J connectivity index is 1.28. The minimum atomic E-state index is -0.0111. The second-order valence-corrected chi connectivity index (χ2v) is 11.7. The van der Waals surface area contributed by atoms with Gasteiger partial charge in [-0.05, 0) is 63.7 Å². The van der Waals surface area contributed by atoms with Gasteiger partial charge in [-0.2, -0.15) is 0 Å². The van der Waals surface area contributed by atoms with Crippen LogP contribution in [0, 0.1) is 0 Å². The predicted octanol–water partition coefficient (Wildman–Crippen LogP) is 10.7. The summed E-state index contributed by atoms with van der Waals surface area (Å²) in [6.07, 6.45) is 0. The Hall–Kier alpha value is -5.08. The average Bonchev–Trinajstić information content (AvgIpc) is 3.64. The molecule has 0 aliphatic heterocycles. The Bertz CT molecular complexity index is 2330. The van der Waals surface area contributed by atoms with E-state index in [2.05, 4.69) is 140 Å². The van der Waals surface area contributed by atoms with Gasteiger partial charge >= 0.3 is 0 Å². The number of hydrogen-bond acceptors (Lipinski definition) is 1. The Labute approximate surface area is 238 Å². The van der Waals surface area contributed by atoms with Crippen LogP contribution >= 0.6 is 0 Å². The van der Waals surface area contributed by atoms with Crippen LogP contribution in [0.1, 0.15) is 25.0 Å². The van der Waals surface area contributed by atoms with Gasteiger partial charge in [0.1, 0.15) is 5.58 Å². The highest BCUT2D eigenvalue weighted by molar-refractivity contribution is 6.21. The van der Waals surface area contributed by atoms with E-state index in [4.69, 9.17) is 4.42 Å². The second-order valence-electron chi connectivity index (χ2n) is 11.7. The Morgan fingerprint density at radius 1 is 0.537 bits per heavy atom. The lowest BCUT2D eigenvalue weighted by molar-refractivity contribution is 0.660. The van der Waals surface area contributed by atoms with E-state index in [-0.39, 0.29) is 5.41 Å². The monoisotopic (exact) mass is 525 g/mol. The molecule has 0 spiro atoms. The number of para-hydroxylation sites is 2. The van der Waals surface area contributed by atoms with Crippen LogP contribution in [0.5, 0.6) is 0 Å². The SMILES string of the molecule is CC1(C)c2ccccc2-c2c(-c3ccc(-n4c5ccccc5c5ccc6c7ccccc7oc6c54)cc3)cccc21. The fourth-order valence-electron chi connectivity index (χ4n) is 7.28. The van der Waals surface area contributed by atoms with E-state index in [0.29, 0.717) is 0 Å². The van der Waals surface area contributed by atoms with Crippen molar-refractivity contribution in [3.8, 4) is 27.9 Å². The van der Waals surface area contributed by atoms with Gasteiger partial charge < -0.3 is 8.98 Å². The van der Waals surface area contributed by atoms with Crippen LogP contribution in [0.15, 0.2) is 132 Å². The summed E-state index contributed by atoms with van der Waals surface area (Å²) < 4.78 is 8.90. The van der Waals surface area contributed by atoms with Gasteiger partial charge in [0.05, 0.1) is 11.0 Å². The highest BCUT2D eigenvalue weighted by Crippen LogP contribution is 2.52. The minimum Gasteiger partial charge on any atom is -0.454 e. The first-order chi connectivity index (χ1) is 20.1. The van der Waals surface area contributed by atoms with E-state index >= 15 is 0 Å². The summed E-state index contributed by atoms with van der Waals surface area (Å²) in [6, 6.07) is 46.1. The van der Waals surface area contributed by atoms with Gasteiger partial charge in [-0.3, -0.25) is 0 Å². The molecule has 0 fully saturated rings. The fourth-order valence-corrected chi connectivity index (χ4v) is 7.28. The maximum Gasteiger partial charge on any atom is 0.160 e. The van der Waals surface area contributed by atoms with E-state index in [0.717, 1.165) is 33.1 Å². The summed E-state index contributed by atoms with van der Waals surface area (Å²) >= 11 is 0. The maximum absolute atomic E-state index is 6.53. The van der Waals surface area contributed by atoms with Crippen LogP contribution in [0.2, 0.25) is 0 Å². The first-order valence-electron chi connectivity index (χ1n) is 14.3. The third-order valence-corrected chi connectivity index (χ3v) is 9.22. The number of furan rings is 1. The predicted molar refractivity (Wildman–Crippen MR) is 171 cm³/mol. The van der Waals surface area contributed by atoms with Crippen molar-refractivity contribution in [2.45, 2.75) is 19.3 Å². The van der Waals surface area contributed by atoms with Gasteiger partial charge in [0.15, 0.2) is 5.58 Å². The zero-order valence-corrected chi connectivity index (χ0v) is 23.0. The van der Waals surface area contributed by atoms with E-state index in [1.807, 2.05) is 6.07 Å². The maximum atomic E-state index is 6.53. The van der Waals surface area contributed by atoms with Crippen molar-refractivity contribution in [3.05, 3.63) is 139 Å². The second kappa shape index (κ2) is 7.99. The van der Waals surface area contributed by atoms with Crippen molar-refractivity contribution in [1.29, 1.82) is 0 Å². The van der Waals surface area contributed by atoms with Crippen LogP contribution in [0.4, 0.5) is 0 Å². The minimum absolute atomic E-state index is 0.0111. The first-order valence-corrected chi connectivity index (χ1v) is 14.3. The summed E-state index contributed by atoms with van der Waals surface area (Å²) in [4.78, 5) is 0. The molecular weight excluding hydrogens is 498 g/mol. The molecule has 0 bridgehead atoms. The van der Waals surface area contributed by atoms with Crippen molar-refractivity contribution in [3.63, 3.8) is 0 Å². The largest absolute Gasteiger partial charge is 0.454 e. The average molecular weight is 526 g/mol. The molecule has 0 N–H and O–H groups in total. The molecule has 2 nitrogen and oxygen atoms in total. The van der Waals surface area contributed by atoms with E-state index in [1.54, 1.807) is 0 Å². The van der Waals surface area contributed by atoms with Crippen LogP contribution < -0.4 is 0 Å². The summed E-state index contributed by atoms with van der Waals surface area (Å²) in [7, 11) is 0. The van der Waals surface area contributed by atoms with Crippen LogP contribution in [0.3, 0.4) is 0 Å². The van der Waals surface area contributed by atoms with E-state index < -0.39 is 0 Å². The first kappa shape index (κ1) is 22.7. The molecule has 41 heavy (non-hydrogen) atoms. The summed E-state index contributed by atoms with van der Waals surface area (Å²) in [5, 5.41) is 4.73. The zero-order valence-electron chi connectivity index (χ0n) is 23.0. The summed E-state index contributed by atoms with van der Waals surface area (Å²) in [5.74, 6) is 0. The number of nitrogens with zero attached hydrogens (tertiary/aromatic N) is 1. The van der Waals surface area contributed by atoms with Gasteiger partial charge in [-0.1, -0.05) is 111 Å². The molecule has 6 aromatic carbocycles. The lowest BCUT2D eigenvalue weighted by Gasteiger charge is -2.21. The van der Waals surface area contributed by atoms with Crippen molar-refractivity contribution in [2.24, 2.45) is 0 Å². The molecule has 8 aromatic rings. The lowest BCUT2D eigenvalue weighted by atomic mass is 9.82. The molecule has 1 aliphatic rings.